The Kier molecular flexibility index (Phi) is 11.5. The Bertz CT molecular complexity index is 621. The number of carbonyl (C=O) groups excluding carboxylic acids is 1. The maximum absolute atomic E-state index is 11.7. The van der Waals surface area contributed by atoms with Crippen LogP contribution in [0.4, 0.5) is 0 Å². The molecule has 0 bridgehead atoms. The van der Waals surface area contributed by atoms with Crippen molar-refractivity contribution in [2.45, 2.75) is 13.5 Å². The number of amides is 1. The average molecular weight is 525 g/mol. The van der Waals surface area contributed by atoms with Gasteiger partial charge in [-0.1, -0.05) is 28.1 Å². The van der Waals surface area contributed by atoms with Crippen LogP contribution in [0.5, 0.6) is 5.75 Å². The van der Waals surface area contributed by atoms with Crippen LogP contribution in [0.15, 0.2) is 39.8 Å². The van der Waals surface area contributed by atoms with Crippen LogP contribution >= 0.6 is 39.9 Å². The topological polar surface area (TPSA) is 66.0 Å². The molecule has 0 atom stereocenters. The minimum Gasteiger partial charge on any atom is -0.496 e. The first kappa shape index (κ1) is 23.7. The van der Waals surface area contributed by atoms with Crippen molar-refractivity contribution >= 4 is 51.8 Å². The normalized spacial score (nSPS) is 10.5. The molecule has 0 heterocycles. The zero-order valence-corrected chi connectivity index (χ0v) is 19.0. The average Bonchev–Trinajstić information content (AvgIpc) is 2.53. The molecule has 0 aliphatic heterocycles. The van der Waals surface area contributed by atoms with E-state index in [1.54, 1.807) is 21.2 Å². The first-order valence-corrected chi connectivity index (χ1v) is 8.32. The van der Waals surface area contributed by atoms with Gasteiger partial charge in [0.05, 0.1) is 20.2 Å². The molecular formula is C17H26BrIN4O2. The summed E-state index contributed by atoms with van der Waals surface area (Å²) < 4.78 is 6.31. The van der Waals surface area contributed by atoms with Gasteiger partial charge in [-0.25, -0.2) is 4.99 Å². The minimum atomic E-state index is -0.0279. The number of methoxy groups -OCH3 is 1. The zero-order chi connectivity index (χ0) is 18.1. The fourth-order valence-electron chi connectivity index (χ4n) is 1.76. The molecule has 0 saturated carbocycles. The fourth-order valence-corrected chi connectivity index (χ4v) is 2.17. The number of carbonyl (C=O) groups is 1. The Morgan fingerprint density at radius 1 is 1.32 bits per heavy atom. The van der Waals surface area contributed by atoms with Gasteiger partial charge >= 0.3 is 0 Å². The lowest BCUT2D eigenvalue weighted by atomic mass is 10.2. The van der Waals surface area contributed by atoms with Gasteiger partial charge in [0, 0.05) is 30.7 Å². The van der Waals surface area contributed by atoms with Crippen molar-refractivity contribution in [2.24, 2.45) is 4.99 Å². The molecule has 8 heteroatoms. The molecule has 0 radical (unpaired) electrons. The summed E-state index contributed by atoms with van der Waals surface area (Å²) in [5.41, 5.74) is 1.92. The lowest BCUT2D eigenvalue weighted by Crippen LogP contribution is -2.43. The van der Waals surface area contributed by atoms with E-state index >= 15 is 0 Å². The molecule has 1 aromatic carbocycles. The van der Waals surface area contributed by atoms with Crippen LogP contribution in [0.3, 0.4) is 0 Å². The van der Waals surface area contributed by atoms with Crippen molar-refractivity contribution < 1.29 is 9.53 Å². The van der Waals surface area contributed by atoms with E-state index in [0.29, 0.717) is 19.0 Å². The van der Waals surface area contributed by atoms with E-state index in [2.05, 4.69) is 38.1 Å². The molecule has 6 nitrogen and oxygen atoms in total. The molecule has 0 fully saturated rings. The van der Waals surface area contributed by atoms with Crippen LogP contribution in [0, 0.1) is 0 Å². The highest BCUT2D eigenvalue weighted by Gasteiger charge is 2.07. The third-order valence-corrected chi connectivity index (χ3v) is 3.61. The monoisotopic (exact) mass is 524 g/mol. The molecule has 1 amide bonds. The number of guanidine groups is 1. The van der Waals surface area contributed by atoms with E-state index in [-0.39, 0.29) is 36.4 Å². The Morgan fingerprint density at radius 2 is 1.96 bits per heavy atom. The predicted octanol–water partition coefficient (Wildman–Crippen LogP) is 2.78. The van der Waals surface area contributed by atoms with Gasteiger partial charge in [0.2, 0.25) is 5.91 Å². The third-order valence-electron chi connectivity index (χ3n) is 3.11. The molecule has 0 aliphatic carbocycles. The molecular weight excluding hydrogens is 499 g/mol. The van der Waals surface area contributed by atoms with Gasteiger partial charge < -0.3 is 20.3 Å². The molecule has 2 N–H and O–H groups in total. The predicted molar refractivity (Wildman–Crippen MR) is 117 cm³/mol. The second-order valence-electron chi connectivity index (χ2n) is 5.57. The number of halogens is 2. The van der Waals surface area contributed by atoms with E-state index in [9.17, 15) is 4.79 Å². The standard InChI is InChI=1S/C17H25BrN4O2.HI/c1-12(2)9-19-17(21-11-16(23)22(3)4)20-10-13-8-14(18)6-7-15(13)24-5;/h6-8H,1,9-11H2,2-5H3,(H2,19,20,21);1H. The SMILES string of the molecule is C=C(C)CNC(=NCc1cc(Br)ccc1OC)NCC(=O)N(C)C.I. The van der Waals surface area contributed by atoms with Crippen LogP contribution in [0.25, 0.3) is 0 Å². The number of aliphatic imine (C=N–C) groups is 1. The summed E-state index contributed by atoms with van der Waals surface area (Å²) in [5.74, 6) is 1.29. The fraction of sp³-hybridized carbons (Fsp3) is 0.412. The number of nitrogens with zero attached hydrogens (tertiary/aromatic N) is 2. The highest BCUT2D eigenvalue weighted by molar-refractivity contribution is 14.0. The summed E-state index contributed by atoms with van der Waals surface area (Å²) in [7, 11) is 5.06. The molecule has 140 valence electrons. The maximum atomic E-state index is 11.7. The van der Waals surface area contributed by atoms with Gasteiger partial charge in [0.1, 0.15) is 5.75 Å². The van der Waals surface area contributed by atoms with Gasteiger partial charge in [-0.3, -0.25) is 4.79 Å². The van der Waals surface area contributed by atoms with E-state index < -0.39 is 0 Å². The van der Waals surface area contributed by atoms with E-state index in [0.717, 1.165) is 21.4 Å². The van der Waals surface area contributed by atoms with Crippen molar-refractivity contribution in [1.82, 2.24) is 15.5 Å². The van der Waals surface area contributed by atoms with Gasteiger partial charge in [-0.2, -0.15) is 0 Å². The lowest BCUT2D eigenvalue weighted by molar-refractivity contribution is -0.127. The first-order chi connectivity index (χ1) is 11.3. The summed E-state index contributed by atoms with van der Waals surface area (Å²) >= 11 is 3.45. The Morgan fingerprint density at radius 3 is 2.52 bits per heavy atom. The molecule has 1 aromatic rings. The highest BCUT2D eigenvalue weighted by Crippen LogP contribution is 2.23. The zero-order valence-electron chi connectivity index (χ0n) is 15.1. The molecule has 0 unspecified atom stereocenters. The lowest BCUT2D eigenvalue weighted by Gasteiger charge is -2.15. The maximum Gasteiger partial charge on any atom is 0.241 e. The third kappa shape index (κ3) is 9.10. The van der Waals surface area contributed by atoms with Gasteiger partial charge in [0.25, 0.3) is 0 Å². The number of hydrogen-bond donors (Lipinski definition) is 2. The smallest absolute Gasteiger partial charge is 0.241 e. The Hall–Kier alpha value is -1.29. The van der Waals surface area contributed by atoms with Gasteiger partial charge in [-0.15, -0.1) is 24.0 Å². The minimum absolute atomic E-state index is 0. The van der Waals surface area contributed by atoms with Gasteiger partial charge in [0.15, 0.2) is 5.96 Å². The number of rotatable bonds is 7. The van der Waals surface area contributed by atoms with E-state index in [4.69, 9.17) is 4.74 Å². The summed E-state index contributed by atoms with van der Waals surface area (Å²) in [5, 5.41) is 6.18. The van der Waals surface area contributed by atoms with Crippen molar-refractivity contribution in [3.05, 3.63) is 40.4 Å². The number of ether oxygens (including phenoxy) is 1. The molecule has 0 saturated heterocycles. The summed E-state index contributed by atoms with van der Waals surface area (Å²) in [6.45, 7) is 6.96. The van der Waals surface area contributed by atoms with Crippen LogP contribution in [-0.4, -0.2) is 51.1 Å². The van der Waals surface area contributed by atoms with Crippen molar-refractivity contribution in [3.63, 3.8) is 0 Å². The van der Waals surface area contributed by atoms with Crippen LogP contribution in [0.1, 0.15) is 12.5 Å². The van der Waals surface area contributed by atoms with E-state index in [1.807, 2.05) is 25.1 Å². The number of likely N-dealkylation sites (N-methyl/N-ethyl adjacent to an activating group) is 1. The molecule has 0 aromatic heterocycles. The van der Waals surface area contributed by atoms with E-state index in [1.165, 1.54) is 4.90 Å². The summed E-state index contributed by atoms with van der Waals surface area (Å²) in [4.78, 5) is 17.8. The number of benzene rings is 1. The molecule has 0 aliphatic rings. The van der Waals surface area contributed by atoms with Crippen LogP contribution in [-0.2, 0) is 11.3 Å². The molecule has 1 rings (SSSR count). The highest BCUT2D eigenvalue weighted by atomic mass is 127. The second-order valence-corrected chi connectivity index (χ2v) is 6.49. The van der Waals surface area contributed by atoms with Crippen LogP contribution < -0.4 is 15.4 Å². The second kappa shape index (κ2) is 12.1. The van der Waals surface area contributed by atoms with Crippen LogP contribution in [0.2, 0.25) is 0 Å². The summed E-state index contributed by atoms with van der Waals surface area (Å²) in [6, 6.07) is 5.77. The number of nitrogens with one attached hydrogen (secondary N) is 2. The first-order valence-electron chi connectivity index (χ1n) is 7.52. The quantitative estimate of drug-likeness (QED) is 0.249. The summed E-state index contributed by atoms with van der Waals surface area (Å²) in [6.07, 6.45) is 0. The Labute approximate surface area is 175 Å². The van der Waals surface area contributed by atoms with Crippen molar-refractivity contribution in [2.75, 3.05) is 34.3 Å². The largest absolute Gasteiger partial charge is 0.496 e. The van der Waals surface area contributed by atoms with Gasteiger partial charge in [-0.05, 0) is 25.1 Å². The molecule has 0 spiro atoms. The van der Waals surface area contributed by atoms with Crippen molar-refractivity contribution in [3.8, 4) is 5.75 Å². The molecule has 25 heavy (non-hydrogen) atoms. The number of hydrogen-bond acceptors (Lipinski definition) is 3. The Balaban J connectivity index is 0.00000576. The van der Waals surface area contributed by atoms with Crippen molar-refractivity contribution in [1.29, 1.82) is 0 Å².